The molecule has 9 nitrogen and oxygen atoms in total. The summed E-state index contributed by atoms with van der Waals surface area (Å²) in [6.45, 7) is 6.84. The Morgan fingerprint density at radius 2 is 0.932 bits per heavy atom. The van der Waals surface area contributed by atoms with Gasteiger partial charge >= 0.3 is 13.8 Å². The van der Waals surface area contributed by atoms with Gasteiger partial charge in [-0.1, -0.05) is 242 Å². The van der Waals surface area contributed by atoms with Crippen molar-refractivity contribution in [2.45, 2.75) is 277 Å². The number of rotatable bonds is 54. The molecule has 0 radical (unpaired) electrons. The number of unbranched alkanes of at least 4 members (excludes halogenated alkanes) is 30. The molecule has 424 valence electrons. The number of quaternary nitrogens is 1. The zero-order valence-corrected chi connectivity index (χ0v) is 49.3. The van der Waals surface area contributed by atoms with E-state index in [1.54, 1.807) is 0 Å². The van der Waals surface area contributed by atoms with Crippen LogP contribution >= 0.6 is 7.82 Å². The number of nitrogens with one attached hydrogen (secondary N) is 1. The van der Waals surface area contributed by atoms with Gasteiger partial charge in [-0.25, -0.2) is 4.57 Å². The minimum Gasteiger partial charge on any atom is -0.456 e. The quantitative estimate of drug-likeness (QED) is 0.0156. The van der Waals surface area contributed by atoms with E-state index in [1.165, 1.54) is 141 Å². The number of allylic oxidation sites excluding steroid dienone is 11. The molecule has 0 saturated heterocycles. The molecule has 0 saturated carbocycles. The average molecular weight is 1040 g/mol. The summed E-state index contributed by atoms with van der Waals surface area (Å²) in [4.78, 5) is 37.6. The van der Waals surface area contributed by atoms with Gasteiger partial charge in [0.15, 0.2) is 0 Å². The number of esters is 1. The molecule has 2 N–H and O–H groups in total. The fraction of sp³-hybridized carbons (Fsp3) is 0.778. The smallest absolute Gasteiger partial charge is 0.456 e. The molecule has 73 heavy (non-hydrogen) atoms. The molecule has 0 aliphatic heterocycles. The van der Waals surface area contributed by atoms with Crippen LogP contribution in [0.1, 0.15) is 265 Å². The van der Waals surface area contributed by atoms with E-state index in [1.807, 2.05) is 33.3 Å². The highest BCUT2D eigenvalue weighted by atomic mass is 31.2. The van der Waals surface area contributed by atoms with Crippen molar-refractivity contribution in [3.8, 4) is 0 Å². The van der Waals surface area contributed by atoms with E-state index in [2.05, 4.69) is 86.8 Å². The van der Waals surface area contributed by atoms with Crippen molar-refractivity contribution >= 4 is 19.7 Å². The summed E-state index contributed by atoms with van der Waals surface area (Å²) in [6.07, 6.45) is 67.6. The third-order valence-corrected chi connectivity index (χ3v) is 14.2. The molecule has 0 fully saturated rings. The number of hydrogen-bond donors (Lipinski definition) is 2. The number of carbonyl (C=O) groups excluding carboxylic acids is 2. The second-order valence-corrected chi connectivity index (χ2v) is 23.0. The van der Waals surface area contributed by atoms with Crippen LogP contribution in [0, 0.1) is 0 Å². The largest absolute Gasteiger partial charge is 0.472 e. The van der Waals surface area contributed by atoms with E-state index in [0.717, 1.165) is 83.5 Å². The van der Waals surface area contributed by atoms with Crippen molar-refractivity contribution in [1.29, 1.82) is 0 Å². The van der Waals surface area contributed by atoms with Crippen LogP contribution in [0.25, 0.3) is 0 Å². The van der Waals surface area contributed by atoms with Crippen molar-refractivity contribution in [2.24, 2.45) is 0 Å². The maximum atomic E-state index is 13.5. The number of phosphoric ester groups is 1. The van der Waals surface area contributed by atoms with Gasteiger partial charge in [0.05, 0.1) is 33.8 Å². The monoisotopic (exact) mass is 1040 g/mol. The van der Waals surface area contributed by atoms with Gasteiger partial charge in [-0.15, -0.1) is 0 Å². The Hall–Kier alpha value is -2.55. The number of ether oxygens (including phenoxy) is 1. The van der Waals surface area contributed by atoms with Crippen LogP contribution in [0.3, 0.4) is 0 Å². The van der Waals surface area contributed by atoms with Gasteiger partial charge in [0.1, 0.15) is 19.3 Å². The summed E-state index contributed by atoms with van der Waals surface area (Å²) in [5.41, 5.74) is 0. The minimum atomic E-state index is -4.45. The Morgan fingerprint density at radius 1 is 0.507 bits per heavy atom. The molecule has 0 aromatic carbocycles. The van der Waals surface area contributed by atoms with Gasteiger partial charge in [0, 0.05) is 12.8 Å². The van der Waals surface area contributed by atoms with Crippen molar-refractivity contribution in [3.05, 3.63) is 72.9 Å². The Morgan fingerprint density at radius 3 is 1.44 bits per heavy atom. The lowest BCUT2D eigenvalue weighted by Crippen LogP contribution is -2.47. The average Bonchev–Trinajstić information content (AvgIpc) is 3.35. The number of nitrogens with zero attached hydrogens (tertiary/aromatic N) is 1. The van der Waals surface area contributed by atoms with Gasteiger partial charge in [-0.2, -0.15) is 0 Å². The maximum Gasteiger partial charge on any atom is 0.472 e. The van der Waals surface area contributed by atoms with E-state index >= 15 is 0 Å². The summed E-state index contributed by atoms with van der Waals surface area (Å²) in [7, 11) is 1.48. The topological polar surface area (TPSA) is 111 Å². The van der Waals surface area contributed by atoms with Crippen LogP contribution in [0.15, 0.2) is 72.9 Å². The van der Waals surface area contributed by atoms with Gasteiger partial charge in [0.25, 0.3) is 0 Å². The summed E-state index contributed by atoms with van der Waals surface area (Å²) in [5, 5.41) is 3.05. The fourth-order valence-electron chi connectivity index (χ4n) is 8.50. The first-order valence-corrected chi connectivity index (χ1v) is 31.8. The molecular weight excluding hydrogens is 928 g/mol. The molecule has 3 unspecified atom stereocenters. The second-order valence-electron chi connectivity index (χ2n) is 21.6. The second kappa shape index (κ2) is 52.9. The maximum absolute atomic E-state index is 13.5. The number of amides is 1. The van der Waals surface area contributed by atoms with Gasteiger partial charge in [-0.05, 0) is 83.1 Å². The van der Waals surface area contributed by atoms with Crippen LogP contribution in [0.4, 0.5) is 0 Å². The summed E-state index contributed by atoms with van der Waals surface area (Å²) >= 11 is 0. The highest BCUT2D eigenvalue weighted by Gasteiger charge is 2.30. The van der Waals surface area contributed by atoms with Crippen LogP contribution in [-0.4, -0.2) is 74.3 Å². The van der Waals surface area contributed by atoms with Gasteiger partial charge in [-0.3, -0.25) is 18.6 Å². The zero-order valence-electron chi connectivity index (χ0n) is 48.4. The van der Waals surface area contributed by atoms with Crippen LogP contribution in [0.2, 0.25) is 0 Å². The molecule has 0 spiro atoms. The van der Waals surface area contributed by atoms with Crippen LogP contribution in [0.5, 0.6) is 0 Å². The highest BCUT2D eigenvalue weighted by Crippen LogP contribution is 2.43. The van der Waals surface area contributed by atoms with Crippen LogP contribution < -0.4 is 5.32 Å². The first kappa shape index (κ1) is 70.5. The lowest BCUT2D eigenvalue weighted by Gasteiger charge is -2.27. The molecule has 0 heterocycles. The third kappa shape index (κ3) is 54.1. The van der Waals surface area contributed by atoms with Crippen molar-refractivity contribution in [2.75, 3.05) is 40.9 Å². The Kier molecular flexibility index (Phi) is 51.0. The molecule has 0 aliphatic rings. The normalized spacial score (nSPS) is 14.2. The molecule has 0 rings (SSSR count). The van der Waals surface area contributed by atoms with E-state index in [0.29, 0.717) is 23.9 Å². The summed E-state index contributed by atoms with van der Waals surface area (Å²) in [5.74, 6) is -0.529. The Balaban J connectivity index is 5.15. The van der Waals surface area contributed by atoms with E-state index in [-0.39, 0.29) is 31.5 Å². The molecular formula is C63H116N2O7P+. The molecule has 3 atom stereocenters. The Bertz CT molecular complexity index is 1480. The number of phosphoric acid groups is 1. The summed E-state index contributed by atoms with van der Waals surface area (Å²) in [6, 6.07) is -0.858. The van der Waals surface area contributed by atoms with Crippen molar-refractivity contribution in [3.63, 3.8) is 0 Å². The molecule has 0 aromatic heterocycles. The molecule has 0 bridgehead atoms. The predicted molar refractivity (Wildman–Crippen MR) is 314 cm³/mol. The summed E-state index contributed by atoms with van der Waals surface area (Å²) < 4.78 is 30.6. The molecule has 1 amide bonds. The lowest BCUT2D eigenvalue weighted by atomic mass is 10.0. The first-order chi connectivity index (χ1) is 35.4. The predicted octanol–water partition coefficient (Wildman–Crippen LogP) is 18.4. The standard InChI is InChI=1S/C63H115N2O7P/c1-7-10-13-16-19-22-25-27-28-29-30-31-32-33-34-35-36-38-40-43-46-49-52-55-62(66)64-60(59-71-73(68,69)70-58-57-65(4,5)6)61(54-51-48-45-42-39-24-21-18-15-12-9-3)72-63(67)56-53-50-47-44-41-37-26-23-20-17-14-11-8-2/h11,14,17,19-20,22-23,26-28,51,54,60-61H,7-10,12-13,15-16,18,21,24-25,29-50,52-53,55-59H2,1-6H3,(H-,64,66,68,69)/p+1/b14-11+,20-17+,22-19-,26-23-,28-27-,54-51-. The number of likely N-dealkylation sites (N-methyl/N-ethyl adjacent to an activating group) is 1. The molecule has 0 aliphatic carbocycles. The van der Waals surface area contributed by atoms with E-state index in [4.69, 9.17) is 13.8 Å². The van der Waals surface area contributed by atoms with Crippen molar-refractivity contribution < 1.29 is 37.3 Å². The Labute approximate surface area is 451 Å². The number of hydrogen-bond acceptors (Lipinski definition) is 6. The van der Waals surface area contributed by atoms with Gasteiger partial charge in [0.2, 0.25) is 5.91 Å². The third-order valence-electron chi connectivity index (χ3n) is 13.2. The lowest BCUT2D eigenvalue weighted by molar-refractivity contribution is -0.870. The zero-order chi connectivity index (χ0) is 53.6. The first-order valence-electron chi connectivity index (χ1n) is 30.3. The molecule has 0 aromatic rings. The van der Waals surface area contributed by atoms with Crippen LogP contribution in [-0.2, 0) is 27.9 Å². The molecule has 10 heteroatoms. The van der Waals surface area contributed by atoms with Gasteiger partial charge < -0.3 is 19.4 Å². The van der Waals surface area contributed by atoms with E-state index < -0.39 is 20.0 Å². The van der Waals surface area contributed by atoms with Crippen molar-refractivity contribution in [1.82, 2.24) is 5.32 Å². The van der Waals surface area contributed by atoms with E-state index in [9.17, 15) is 19.0 Å². The number of carbonyl (C=O) groups is 2. The highest BCUT2D eigenvalue weighted by molar-refractivity contribution is 7.47. The fourth-order valence-corrected chi connectivity index (χ4v) is 9.24. The SMILES string of the molecule is CC/C=C/C=C/C=C\CCCCCCCC(=O)OC(/C=C\CCCCCCCCCCC)C(COP(=O)(O)OCC[N+](C)(C)C)NC(=O)CCCCCCCCCCCCCCC/C=C\C/C=C\CCCCC. The minimum absolute atomic E-state index is 0.0346.